The van der Waals surface area contributed by atoms with Crippen molar-refractivity contribution in [2.45, 2.75) is 65.6 Å². The van der Waals surface area contributed by atoms with Crippen molar-refractivity contribution >= 4 is 155 Å². The van der Waals surface area contributed by atoms with E-state index in [1.807, 2.05) is 0 Å². The minimum Gasteiger partial charge on any atom is -0.768 e. The number of imidazole rings is 1. The Morgan fingerprint density at radius 2 is 0.920 bits per heavy atom. The van der Waals surface area contributed by atoms with Gasteiger partial charge in [0.05, 0.1) is 94.3 Å². The first kappa shape index (κ1) is 120. The molecular formula is C64H45N20Na9O27S5. The van der Waals surface area contributed by atoms with Crippen molar-refractivity contribution in [3.8, 4) is 11.6 Å². The number of carboxylic acids is 4. The number of nitrogen functional groups attached to an aromatic ring is 1. The Hall–Kier alpha value is -5.39. The van der Waals surface area contributed by atoms with Gasteiger partial charge < -0.3 is 83.9 Å². The molecule has 6 aromatic carbocycles. The number of benzene rings is 6. The van der Waals surface area contributed by atoms with Crippen molar-refractivity contribution in [2.75, 3.05) is 5.73 Å². The zero-order valence-electron chi connectivity index (χ0n) is 67.7. The van der Waals surface area contributed by atoms with Crippen molar-refractivity contribution in [3.05, 3.63) is 209 Å². The first-order chi connectivity index (χ1) is 54.2. The van der Waals surface area contributed by atoms with Gasteiger partial charge in [-0.1, -0.05) is 18.2 Å². The number of H-pyrrole nitrogens is 2. The van der Waals surface area contributed by atoms with E-state index in [1.54, 1.807) is 44.2 Å². The second-order valence-electron chi connectivity index (χ2n) is 23.1. The molecule has 0 aliphatic carbocycles. The van der Waals surface area contributed by atoms with Crippen LogP contribution in [0, 0.1) is 27.7 Å². The normalized spacial score (nSPS) is 11.3. The summed E-state index contributed by atoms with van der Waals surface area (Å²) in [4.78, 5) is 107. The molecule has 6 aromatic heterocycles. The molecule has 7 N–H and O–H groups in total. The molecule has 6 heterocycles. The summed E-state index contributed by atoms with van der Waals surface area (Å²) in [6, 6.07) is 22.5. The second kappa shape index (κ2) is 50.3. The summed E-state index contributed by atoms with van der Waals surface area (Å²) in [6.45, 7) is 7.36. The van der Waals surface area contributed by atoms with Gasteiger partial charge in [-0.25, -0.2) is 57.7 Å². The molecule has 0 spiro atoms. The topological polar surface area (TPSA) is 771 Å². The summed E-state index contributed by atoms with van der Waals surface area (Å²) in [7, 11) is -19.6. The van der Waals surface area contributed by atoms with Crippen molar-refractivity contribution in [2.24, 2.45) is 46.6 Å². The molecule has 12 rings (SSSR count). The fraction of sp³-hybridized carbons (Fsp3) is 0.0938. The van der Waals surface area contributed by atoms with Crippen LogP contribution in [0.3, 0.4) is 0 Å². The van der Waals surface area contributed by atoms with Crippen LogP contribution in [0.5, 0.6) is 5.88 Å². The number of aromatic carboxylic acids is 4. The maximum atomic E-state index is 12.9. The second-order valence-corrected chi connectivity index (χ2v) is 29.5. The van der Waals surface area contributed by atoms with Gasteiger partial charge in [0.2, 0.25) is 11.7 Å². The van der Waals surface area contributed by atoms with E-state index in [1.165, 1.54) is 54.4 Å². The van der Waals surface area contributed by atoms with Gasteiger partial charge in [0.25, 0.3) is 22.8 Å². The summed E-state index contributed by atoms with van der Waals surface area (Å²) in [5.74, 6) is -8.39. The molecule has 47 nitrogen and oxygen atoms in total. The number of amides is 1. The number of hydrogen-bond donors (Lipinski definition) is 5. The number of para-hydroxylation sites is 2. The SMILES string of the molecule is CCn1c(O)c(C(N)=O)c(C)c(N=Nc2ccc(S(=O)(=O)[O-])cc2C(=O)[O-])c1=O.Cc1[nH]c2nc3ccccc3n2c(=O)c1N=Nc1ccc(S(=O)(=O)[O-])cc1C(=O)[O-].Cc1nc2nc[nH]n2c(=O)c1N=Nc1ccc(S(=O)(=O)[O-])cc1C(=O)[O-].Cc1nn(-c2cccc(S(=O)[O-])c2)c(N)c1N=Nc1ccc(S(=O)(=O)[O-])cc1C(=O)[O-].[Na+].[Na+].[Na+].[Na+].[Na+].[Na+].[Na+].[Na+].[Na+]. The molecule has 12 aromatic rings. The average Bonchev–Trinajstić information content (AvgIpc) is 1.56. The number of pyridine rings is 1. The number of fused-ring (bicyclic) bond motifs is 4. The van der Waals surface area contributed by atoms with Gasteiger partial charge in [0.1, 0.15) is 52.4 Å². The van der Waals surface area contributed by atoms with Crippen molar-refractivity contribution in [3.63, 3.8) is 0 Å². The molecular weight excluding hydrogens is 1850 g/mol. The smallest absolute Gasteiger partial charge is 0.768 e. The number of aryl methyl sites for hydroxylation is 3. The standard InChI is InChI=1S/C18H13N5O6S.C17H15N5O7S2.C16H16N4O8S.C13H10N6O6S.9Na/c1-9-15(16(24)23-14-5-3-2-4-13(14)20-18(23)19-9)22-21-12-7-6-10(30(27,28)29)8-11(12)17(25)26;1-9-15(16(18)22(21-9)10-3-2-4-11(7-10)30(25)26)20-19-14-6-5-12(31(27,28)29)8-13(14)17(23)24;1-3-20-14(22)11(13(17)21)7(2)12(15(20)23)19-18-10-5-4-8(29(26,27)28)6-9(10)16(24)25;1-6-10(11(20)19-13(16-6)14-5-15-19)18-17-9-3-2-7(26(23,24)25)4-8(9)12(21)22;;;;;;;;;/h2-8H,1H3,(H,19,20)(H,25,26)(H,27,28,29);2-8H,18H2,1H3,(H,23,24)(H,25,26)(H,27,28,29);4-6,22H,3H2,1-2H3,(H2,17,21)(H,24,25)(H,26,27,28);2-5H,1H3,(H,21,22)(H,14,15,16)(H,23,24,25);;;;;;;;;/q;;;;9*+1/p-9. The van der Waals surface area contributed by atoms with Crippen LogP contribution in [0.25, 0.3) is 28.3 Å². The number of nitrogens with zero attached hydrogens (tertiary/aromatic N) is 16. The number of nitrogens with two attached hydrogens (primary N) is 2. The van der Waals surface area contributed by atoms with Crippen molar-refractivity contribution in [1.82, 2.24) is 48.3 Å². The van der Waals surface area contributed by atoms with E-state index in [0.29, 0.717) is 58.2 Å². The van der Waals surface area contributed by atoms with E-state index in [2.05, 4.69) is 71.0 Å². The van der Waals surface area contributed by atoms with E-state index < -0.39 is 157 Å². The summed E-state index contributed by atoms with van der Waals surface area (Å²) in [5, 5.41) is 91.8. The van der Waals surface area contributed by atoms with Gasteiger partial charge in [-0.05, 0) is 149 Å². The number of aromatic nitrogens is 10. The first-order valence-corrected chi connectivity index (χ1v) is 38.1. The molecule has 1 amide bonds. The fourth-order valence-electron chi connectivity index (χ4n) is 10.2. The van der Waals surface area contributed by atoms with Crippen LogP contribution in [0.1, 0.15) is 81.4 Å². The van der Waals surface area contributed by atoms with Crippen LogP contribution in [-0.2, 0) is 58.1 Å². The molecule has 0 bridgehead atoms. The Morgan fingerprint density at radius 1 is 0.512 bits per heavy atom. The number of aromatic amines is 2. The van der Waals surface area contributed by atoms with Crippen LogP contribution in [-0.4, -0.2) is 144 Å². The summed E-state index contributed by atoms with van der Waals surface area (Å²) >= 11 is -2.46. The predicted molar refractivity (Wildman–Crippen MR) is 379 cm³/mol. The summed E-state index contributed by atoms with van der Waals surface area (Å²) < 4.78 is 160. The van der Waals surface area contributed by atoms with E-state index >= 15 is 0 Å². The van der Waals surface area contributed by atoms with E-state index in [-0.39, 0.29) is 340 Å². The molecule has 0 fully saturated rings. The minimum atomic E-state index is -4.93. The molecule has 0 saturated heterocycles. The van der Waals surface area contributed by atoms with Crippen LogP contribution in [0.4, 0.5) is 51.3 Å². The molecule has 1 unspecified atom stereocenters. The van der Waals surface area contributed by atoms with Crippen molar-refractivity contribution in [1.29, 1.82) is 0 Å². The number of carbonyl (C=O) groups is 5. The number of anilines is 1. The number of carbonyl (C=O) groups excluding carboxylic acids is 5. The molecule has 1 atom stereocenters. The summed E-state index contributed by atoms with van der Waals surface area (Å²) in [5.41, 5.74) is 6.51. The van der Waals surface area contributed by atoms with Crippen molar-refractivity contribution < 1.29 is 376 Å². The van der Waals surface area contributed by atoms with Gasteiger partial charge in [-0.3, -0.25) is 33.1 Å². The number of aromatic hydroxyl groups is 1. The summed E-state index contributed by atoms with van der Waals surface area (Å²) in [6.07, 6.45) is 1.25. The quantitative estimate of drug-likeness (QED) is 0.0205. The molecule has 602 valence electrons. The van der Waals surface area contributed by atoms with Crippen LogP contribution >= 0.6 is 0 Å². The van der Waals surface area contributed by atoms with Crippen LogP contribution in [0.2, 0.25) is 0 Å². The largest absolute Gasteiger partial charge is 1.00 e. The molecule has 0 radical (unpaired) electrons. The van der Waals surface area contributed by atoms with Gasteiger partial charge in [-0.2, -0.15) is 9.61 Å². The number of rotatable bonds is 20. The molecule has 125 heavy (non-hydrogen) atoms. The number of hydrogen-bond acceptors (Lipinski definition) is 40. The van der Waals surface area contributed by atoms with Crippen LogP contribution < -0.4 is 315 Å². The molecule has 61 heteroatoms. The first-order valence-electron chi connectivity index (χ1n) is 31.4. The number of azo groups is 4. The molecule has 0 aliphatic rings. The fourth-order valence-corrected chi connectivity index (χ4v) is 12.6. The number of nitrogens with one attached hydrogen (secondary N) is 2. The van der Waals surface area contributed by atoms with Gasteiger partial charge in [0, 0.05) is 45.0 Å². The van der Waals surface area contributed by atoms with E-state index in [0.717, 1.165) is 57.6 Å². The zero-order valence-corrected chi connectivity index (χ0v) is 89.8. The third-order valence-electron chi connectivity index (χ3n) is 15.7. The molecule has 0 aliphatic heterocycles. The Bertz CT molecular complexity index is 7020. The van der Waals surface area contributed by atoms with E-state index in [9.17, 15) is 125 Å². The third kappa shape index (κ3) is 29.1. The Morgan fingerprint density at radius 3 is 1.32 bits per heavy atom. The van der Waals surface area contributed by atoms with Gasteiger partial charge >= 0.3 is 272 Å². The monoisotopic (exact) mass is 1890 g/mol. The number of primary amides is 1. The molecule has 0 saturated carbocycles. The van der Waals surface area contributed by atoms with E-state index in [4.69, 9.17) is 11.5 Å². The Kier molecular flexibility index (Phi) is 48.1. The van der Waals surface area contributed by atoms with Gasteiger partial charge in [-0.15, -0.1) is 40.9 Å². The minimum absolute atomic E-state index is 0. The Balaban J connectivity index is 0.00000160. The maximum Gasteiger partial charge on any atom is 1.00 e. The predicted octanol–water partition coefficient (Wildman–Crippen LogP) is -26.0. The van der Waals surface area contributed by atoms with Crippen LogP contribution in [0.15, 0.2) is 207 Å². The third-order valence-corrected chi connectivity index (χ3v) is 19.6. The zero-order chi connectivity index (χ0) is 85.7. The Labute approximate surface area is 904 Å². The maximum absolute atomic E-state index is 12.9. The number of carboxylic acid groups (broad SMARTS) is 4. The average molecular weight is 1890 g/mol. The van der Waals surface area contributed by atoms with Gasteiger partial charge in [0.15, 0.2) is 28.6 Å².